The number of benzene rings is 1. The molecule has 1 aromatic carbocycles. The number of nitrogens with one attached hydrogen (secondary N) is 2. The molecule has 1 saturated heterocycles. The molecule has 9 heteroatoms. The van der Waals surface area contributed by atoms with Crippen molar-refractivity contribution in [1.82, 2.24) is 5.32 Å². The van der Waals surface area contributed by atoms with Gasteiger partial charge in [0.05, 0.1) is 32.6 Å². The van der Waals surface area contributed by atoms with Crippen LogP contribution in [0.15, 0.2) is 12.1 Å². The van der Waals surface area contributed by atoms with Crippen molar-refractivity contribution in [1.29, 1.82) is 0 Å². The minimum Gasteiger partial charge on any atom is -0.493 e. The minimum absolute atomic E-state index is 0. The lowest BCUT2D eigenvalue weighted by atomic mass is 10.1. The maximum atomic E-state index is 12.3. The van der Waals surface area contributed by atoms with Crippen LogP contribution in [-0.2, 0) is 9.53 Å². The van der Waals surface area contributed by atoms with E-state index in [0.717, 1.165) is 18.1 Å². The highest BCUT2D eigenvalue weighted by Crippen LogP contribution is 2.37. The van der Waals surface area contributed by atoms with Gasteiger partial charge in [-0.25, -0.2) is 4.79 Å². The highest BCUT2D eigenvalue weighted by atomic mass is 35.5. The van der Waals surface area contributed by atoms with E-state index in [1.807, 2.05) is 11.8 Å². The largest absolute Gasteiger partial charge is 0.493 e. The van der Waals surface area contributed by atoms with E-state index in [1.54, 1.807) is 0 Å². The molecule has 25 heavy (non-hydrogen) atoms. The fraction of sp³-hybridized carbons (Fsp3) is 0.500. The topological polar surface area (TPSA) is 85.9 Å². The van der Waals surface area contributed by atoms with E-state index in [2.05, 4.69) is 10.6 Å². The molecule has 0 radical (unpaired) electrons. The van der Waals surface area contributed by atoms with Crippen molar-refractivity contribution in [2.75, 3.05) is 44.7 Å². The Labute approximate surface area is 157 Å². The van der Waals surface area contributed by atoms with Gasteiger partial charge in [-0.15, -0.1) is 12.4 Å². The summed E-state index contributed by atoms with van der Waals surface area (Å²) in [5.41, 5.74) is 0.655. The summed E-state index contributed by atoms with van der Waals surface area (Å²) in [5.74, 6) is 2.00. The Kier molecular flexibility index (Phi) is 8.88. The molecule has 140 valence electrons. The number of amides is 1. The third-order valence-corrected chi connectivity index (χ3v) is 4.74. The van der Waals surface area contributed by atoms with Crippen LogP contribution >= 0.6 is 24.2 Å². The summed E-state index contributed by atoms with van der Waals surface area (Å²) in [6.07, 6.45) is 0.348. The van der Waals surface area contributed by atoms with Crippen LogP contribution in [0.25, 0.3) is 0 Å². The molecule has 1 atom stereocenters. The average molecular weight is 391 g/mol. The second-order valence-electron chi connectivity index (χ2n) is 5.23. The Bertz CT molecular complexity index is 608. The van der Waals surface area contributed by atoms with E-state index in [-0.39, 0.29) is 29.9 Å². The first kappa shape index (κ1) is 21.4. The van der Waals surface area contributed by atoms with Crippen molar-refractivity contribution < 1.29 is 23.8 Å². The number of thioether (sulfide) groups is 1. The second kappa shape index (κ2) is 10.4. The van der Waals surface area contributed by atoms with Crippen LogP contribution in [0.2, 0.25) is 0 Å². The number of hydrogen-bond acceptors (Lipinski definition) is 7. The first-order valence-electron chi connectivity index (χ1n) is 7.54. The standard InChI is InChI=1S/C16H22N2O5S.ClH/c1-21-13-7-10(16(20)23-3)6-12(15(13)22-2)18-14(19)8-11-9-24-5-4-17-11;/h6-7,11,17H,4-5,8-9H2,1-3H3,(H,18,19);1H. The zero-order valence-electron chi connectivity index (χ0n) is 14.4. The van der Waals surface area contributed by atoms with Gasteiger partial charge in [0.1, 0.15) is 0 Å². The number of carbonyl (C=O) groups is 2. The van der Waals surface area contributed by atoms with Crippen molar-refractivity contribution in [3.8, 4) is 11.5 Å². The maximum Gasteiger partial charge on any atom is 0.338 e. The predicted octanol–water partition coefficient (Wildman–Crippen LogP) is 1.95. The molecule has 1 aliphatic rings. The van der Waals surface area contributed by atoms with Gasteiger partial charge in [0, 0.05) is 30.5 Å². The van der Waals surface area contributed by atoms with Gasteiger partial charge in [-0.2, -0.15) is 11.8 Å². The lowest BCUT2D eigenvalue weighted by molar-refractivity contribution is -0.116. The van der Waals surface area contributed by atoms with Gasteiger partial charge in [-0.3, -0.25) is 4.79 Å². The van der Waals surface area contributed by atoms with Crippen molar-refractivity contribution in [2.24, 2.45) is 0 Å². The number of halogens is 1. The van der Waals surface area contributed by atoms with E-state index in [4.69, 9.17) is 14.2 Å². The Morgan fingerprint density at radius 3 is 2.60 bits per heavy atom. The van der Waals surface area contributed by atoms with Crippen LogP contribution < -0.4 is 20.1 Å². The molecule has 1 unspecified atom stereocenters. The molecular weight excluding hydrogens is 368 g/mol. The quantitative estimate of drug-likeness (QED) is 0.718. The maximum absolute atomic E-state index is 12.3. The normalized spacial score (nSPS) is 16.4. The summed E-state index contributed by atoms with van der Waals surface area (Å²) in [6, 6.07) is 3.17. The molecule has 1 fully saturated rings. The van der Waals surface area contributed by atoms with Crippen LogP contribution in [-0.4, -0.2) is 57.3 Å². The molecule has 0 bridgehead atoms. The van der Waals surface area contributed by atoms with Gasteiger partial charge in [-0.05, 0) is 12.1 Å². The minimum atomic E-state index is -0.517. The Balaban J connectivity index is 0.00000312. The van der Waals surface area contributed by atoms with Crippen molar-refractivity contribution in [2.45, 2.75) is 12.5 Å². The van der Waals surface area contributed by atoms with E-state index in [1.165, 1.54) is 33.5 Å². The summed E-state index contributed by atoms with van der Waals surface area (Å²) >= 11 is 1.83. The average Bonchev–Trinajstić information content (AvgIpc) is 2.60. The lowest BCUT2D eigenvalue weighted by Gasteiger charge is -2.23. The van der Waals surface area contributed by atoms with E-state index >= 15 is 0 Å². The molecule has 0 aliphatic carbocycles. The SMILES string of the molecule is COC(=O)c1cc(NC(=O)CC2CSCCN2)c(OC)c(OC)c1.Cl. The smallest absolute Gasteiger partial charge is 0.338 e. The van der Waals surface area contributed by atoms with E-state index < -0.39 is 5.97 Å². The van der Waals surface area contributed by atoms with Gasteiger partial charge in [-0.1, -0.05) is 0 Å². The highest BCUT2D eigenvalue weighted by Gasteiger charge is 2.21. The van der Waals surface area contributed by atoms with Crippen LogP contribution in [0.5, 0.6) is 11.5 Å². The number of anilines is 1. The van der Waals surface area contributed by atoms with Gasteiger partial charge in [0.15, 0.2) is 11.5 Å². The zero-order chi connectivity index (χ0) is 17.5. The molecule has 0 spiro atoms. The molecule has 1 heterocycles. The summed E-state index contributed by atoms with van der Waals surface area (Å²) in [5, 5.41) is 6.12. The summed E-state index contributed by atoms with van der Waals surface area (Å²) in [7, 11) is 4.24. The molecule has 0 saturated carbocycles. The number of ether oxygens (including phenoxy) is 3. The summed E-state index contributed by atoms with van der Waals surface area (Å²) < 4.78 is 15.3. The molecule has 1 amide bonds. The van der Waals surface area contributed by atoms with Crippen molar-refractivity contribution in [3.05, 3.63) is 17.7 Å². The third-order valence-electron chi connectivity index (χ3n) is 3.60. The van der Waals surface area contributed by atoms with Gasteiger partial charge in [0.25, 0.3) is 0 Å². The summed E-state index contributed by atoms with van der Waals surface area (Å²) in [4.78, 5) is 24.1. The molecule has 1 aliphatic heterocycles. The number of esters is 1. The van der Waals surface area contributed by atoms with Crippen LogP contribution in [0.3, 0.4) is 0 Å². The van der Waals surface area contributed by atoms with E-state index in [0.29, 0.717) is 23.6 Å². The summed E-state index contributed by atoms with van der Waals surface area (Å²) in [6.45, 7) is 0.900. The number of rotatable bonds is 6. The predicted molar refractivity (Wildman–Crippen MR) is 100 cm³/mol. The first-order valence-corrected chi connectivity index (χ1v) is 8.69. The zero-order valence-corrected chi connectivity index (χ0v) is 16.1. The fourth-order valence-electron chi connectivity index (χ4n) is 2.47. The third kappa shape index (κ3) is 5.69. The highest BCUT2D eigenvalue weighted by molar-refractivity contribution is 7.99. The molecule has 0 aromatic heterocycles. The first-order chi connectivity index (χ1) is 11.6. The molecule has 2 N–H and O–H groups in total. The van der Waals surface area contributed by atoms with E-state index in [9.17, 15) is 9.59 Å². The Morgan fingerprint density at radius 2 is 2.04 bits per heavy atom. The fourth-order valence-corrected chi connectivity index (χ4v) is 3.42. The van der Waals surface area contributed by atoms with Crippen LogP contribution in [0, 0.1) is 0 Å². The monoisotopic (exact) mass is 390 g/mol. The molecule has 2 rings (SSSR count). The van der Waals surface area contributed by atoms with Gasteiger partial charge in [0.2, 0.25) is 5.91 Å². The van der Waals surface area contributed by atoms with Crippen molar-refractivity contribution >= 4 is 41.7 Å². The Morgan fingerprint density at radius 1 is 1.28 bits per heavy atom. The number of methoxy groups -OCH3 is 3. The Hall–Kier alpha value is -1.64. The number of hydrogen-bond donors (Lipinski definition) is 2. The molecule has 1 aromatic rings. The lowest BCUT2D eigenvalue weighted by Crippen LogP contribution is -2.39. The number of carbonyl (C=O) groups excluding carboxylic acids is 2. The second-order valence-corrected chi connectivity index (χ2v) is 6.38. The molecule has 7 nitrogen and oxygen atoms in total. The van der Waals surface area contributed by atoms with Crippen LogP contribution in [0.4, 0.5) is 5.69 Å². The molecular formula is C16H23ClN2O5S. The van der Waals surface area contributed by atoms with Crippen molar-refractivity contribution in [3.63, 3.8) is 0 Å². The van der Waals surface area contributed by atoms with Crippen LogP contribution in [0.1, 0.15) is 16.8 Å². The van der Waals surface area contributed by atoms with Gasteiger partial charge < -0.3 is 24.8 Å². The van der Waals surface area contributed by atoms with Gasteiger partial charge >= 0.3 is 5.97 Å².